The van der Waals surface area contributed by atoms with Crippen LogP contribution >= 0.6 is 0 Å². The molecule has 0 aromatic carbocycles. The summed E-state index contributed by atoms with van der Waals surface area (Å²) in [5, 5.41) is 0. The van der Waals surface area contributed by atoms with Gasteiger partial charge < -0.3 is 0 Å². The lowest BCUT2D eigenvalue weighted by molar-refractivity contribution is 0.0491. The molecule has 0 N–H and O–H groups in total. The van der Waals surface area contributed by atoms with Crippen LogP contribution in [0.15, 0.2) is 11.6 Å². The quantitative estimate of drug-likeness (QED) is 0.428. The Kier molecular flexibility index (Phi) is 7.37. The zero-order valence-electron chi connectivity index (χ0n) is 16.2. The van der Waals surface area contributed by atoms with Crippen LogP contribution in [0.2, 0.25) is 0 Å². The smallest absolute Gasteiger partial charge is 0.210 e. The number of hydrogen-bond donors (Lipinski definition) is 0. The predicted molar refractivity (Wildman–Crippen MR) is 102 cm³/mol. The minimum atomic E-state index is -2.10. The second kappa shape index (κ2) is 9.51. The maximum atomic E-state index is 12.8. The summed E-state index contributed by atoms with van der Waals surface area (Å²) >= 11 is 0. The van der Waals surface area contributed by atoms with Crippen molar-refractivity contribution in [2.45, 2.75) is 103 Å². The summed E-state index contributed by atoms with van der Waals surface area (Å²) in [5.41, 5.74) is 1.63. The van der Waals surface area contributed by atoms with Gasteiger partial charge in [-0.25, -0.2) is 8.78 Å². The zero-order valence-corrected chi connectivity index (χ0v) is 16.2. The van der Waals surface area contributed by atoms with Crippen molar-refractivity contribution in [2.24, 2.45) is 29.6 Å². The number of rotatable bonds is 6. The lowest BCUT2D eigenvalue weighted by atomic mass is 9.68. The van der Waals surface area contributed by atoms with Crippen molar-refractivity contribution < 1.29 is 8.78 Å². The lowest BCUT2D eigenvalue weighted by Gasteiger charge is -2.37. The summed E-state index contributed by atoms with van der Waals surface area (Å²) in [5.74, 6) is 3.19. The third-order valence-corrected chi connectivity index (χ3v) is 7.66. The van der Waals surface area contributed by atoms with Crippen molar-refractivity contribution in [3.63, 3.8) is 0 Å². The highest BCUT2D eigenvalue weighted by Gasteiger charge is 2.32. The molecule has 0 aromatic rings. The van der Waals surface area contributed by atoms with E-state index in [4.69, 9.17) is 0 Å². The molecule has 3 aliphatic carbocycles. The summed E-state index contributed by atoms with van der Waals surface area (Å²) in [6, 6.07) is 0. The van der Waals surface area contributed by atoms with Crippen molar-refractivity contribution in [1.29, 1.82) is 0 Å². The molecule has 3 rings (SSSR count). The van der Waals surface area contributed by atoms with Crippen LogP contribution in [0.25, 0.3) is 0 Å². The molecule has 0 saturated heterocycles. The van der Waals surface area contributed by atoms with E-state index in [-0.39, 0.29) is 5.92 Å². The fourth-order valence-electron chi connectivity index (χ4n) is 5.86. The van der Waals surface area contributed by atoms with Crippen LogP contribution in [-0.2, 0) is 0 Å². The normalized spacial score (nSPS) is 37.1. The summed E-state index contributed by atoms with van der Waals surface area (Å²) in [6.45, 7) is 2.30. The monoisotopic (exact) mass is 352 g/mol. The van der Waals surface area contributed by atoms with E-state index < -0.39 is 6.43 Å². The van der Waals surface area contributed by atoms with Gasteiger partial charge in [-0.05, 0) is 81.5 Å². The molecule has 2 fully saturated rings. The first-order chi connectivity index (χ1) is 12.2. The highest BCUT2D eigenvalue weighted by Crippen LogP contribution is 2.44. The van der Waals surface area contributed by atoms with E-state index in [1.165, 1.54) is 64.2 Å². The van der Waals surface area contributed by atoms with E-state index in [9.17, 15) is 8.78 Å². The van der Waals surface area contributed by atoms with Crippen LogP contribution in [0.4, 0.5) is 8.78 Å². The minimum absolute atomic E-state index is 0.323. The van der Waals surface area contributed by atoms with Crippen LogP contribution < -0.4 is 0 Å². The first kappa shape index (κ1) is 19.4. The molecule has 0 amide bonds. The largest absolute Gasteiger partial charge is 0.241 e. The molecule has 0 bridgehead atoms. The summed E-state index contributed by atoms with van der Waals surface area (Å²) in [4.78, 5) is 0. The summed E-state index contributed by atoms with van der Waals surface area (Å²) < 4.78 is 25.7. The van der Waals surface area contributed by atoms with Gasteiger partial charge in [0.15, 0.2) is 0 Å². The SMILES string of the molecule is CCCCC1CCC(C2CC=C(C3CCC(C(F)F)CC3)CC2)CC1. The number of unbranched alkanes of at least 4 members (excludes halogenated alkanes) is 1. The van der Waals surface area contributed by atoms with Crippen LogP contribution in [-0.4, -0.2) is 6.43 Å². The van der Waals surface area contributed by atoms with Crippen LogP contribution in [0.5, 0.6) is 0 Å². The fraction of sp³-hybridized carbons (Fsp3) is 0.913. The maximum Gasteiger partial charge on any atom is 0.241 e. The third kappa shape index (κ3) is 5.30. The van der Waals surface area contributed by atoms with E-state index >= 15 is 0 Å². The van der Waals surface area contributed by atoms with Gasteiger partial charge in [-0.1, -0.05) is 50.7 Å². The fourth-order valence-corrected chi connectivity index (χ4v) is 5.86. The maximum absolute atomic E-state index is 12.8. The van der Waals surface area contributed by atoms with Gasteiger partial charge in [-0.2, -0.15) is 0 Å². The Labute approximate surface area is 153 Å². The molecule has 3 aliphatic rings. The molecule has 0 nitrogen and oxygen atoms in total. The molecule has 25 heavy (non-hydrogen) atoms. The average Bonchev–Trinajstić information content (AvgIpc) is 2.67. The molecule has 0 aromatic heterocycles. The average molecular weight is 353 g/mol. The Morgan fingerprint density at radius 1 is 0.920 bits per heavy atom. The van der Waals surface area contributed by atoms with Crippen molar-refractivity contribution in [1.82, 2.24) is 0 Å². The zero-order chi connectivity index (χ0) is 17.6. The first-order valence-corrected chi connectivity index (χ1v) is 11.1. The Morgan fingerprint density at radius 2 is 1.64 bits per heavy atom. The van der Waals surface area contributed by atoms with Gasteiger partial charge in [0.1, 0.15) is 0 Å². The molecule has 0 aliphatic heterocycles. The van der Waals surface area contributed by atoms with Crippen LogP contribution in [0.3, 0.4) is 0 Å². The second-order valence-electron chi connectivity index (χ2n) is 9.18. The first-order valence-electron chi connectivity index (χ1n) is 11.1. The molecule has 0 heterocycles. The van der Waals surface area contributed by atoms with Gasteiger partial charge in [-0.15, -0.1) is 0 Å². The van der Waals surface area contributed by atoms with Crippen molar-refractivity contribution in [3.8, 4) is 0 Å². The van der Waals surface area contributed by atoms with Crippen LogP contribution in [0.1, 0.15) is 96.8 Å². The van der Waals surface area contributed by atoms with Gasteiger partial charge in [0, 0.05) is 5.92 Å². The Hall–Kier alpha value is -0.400. The van der Waals surface area contributed by atoms with E-state index in [1.54, 1.807) is 5.57 Å². The summed E-state index contributed by atoms with van der Waals surface area (Å²) in [6.07, 6.45) is 17.9. The molecule has 0 radical (unpaired) electrons. The van der Waals surface area contributed by atoms with Gasteiger partial charge in [-0.3, -0.25) is 0 Å². The standard InChI is InChI=1S/C23H38F2/c1-2-3-4-17-5-7-18(8-6-17)19-9-11-20(12-10-19)21-13-15-22(16-14-21)23(24)25/h11,17-19,21-23H,2-10,12-16H2,1H3. The minimum Gasteiger partial charge on any atom is -0.210 e. The van der Waals surface area contributed by atoms with Crippen molar-refractivity contribution >= 4 is 0 Å². The highest BCUT2D eigenvalue weighted by molar-refractivity contribution is 5.12. The highest BCUT2D eigenvalue weighted by atomic mass is 19.3. The van der Waals surface area contributed by atoms with Gasteiger partial charge in [0.05, 0.1) is 0 Å². The topological polar surface area (TPSA) is 0 Å². The van der Waals surface area contributed by atoms with E-state index in [1.807, 2.05) is 0 Å². The third-order valence-electron chi connectivity index (χ3n) is 7.66. The molecule has 1 unspecified atom stereocenters. The molecule has 2 saturated carbocycles. The van der Waals surface area contributed by atoms with E-state index in [0.717, 1.165) is 43.4 Å². The van der Waals surface area contributed by atoms with Crippen molar-refractivity contribution in [2.75, 3.05) is 0 Å². The Bertz CT molecular complexity index is 412. The molecule has 2 heteroatoms. The van der Waals surface area contributed by atoms with E-state index in [0.29, 0.717) is 5.92 Å². The Morgan fingerprint density at radius 3 is 2.20 bits per heavy atom. The van der Waals surface area contributed by atoms with Crippen LogP contribution in [0, 0.1) is 29.6 Å². The Balaban J connectivity index is 1.41. The molecule has 1 atom stereocenters. The van der Waals surface area contributed by atoms with Gasteiger partial charge in [0.25, 0.3) is 0 Å². The van der Waals surface area contributed by atoms with Crippen molar-refractivity contribution in [3.05, 3.63) is 11.6 Å². The number of hydrogen-bond acceptors (Lipinski definition) is 0. The van der Waals surface area contributed by atoms with Gasteiger partial charge >= 0.3 is 0 Å². The van der Waals surface area contributed by atoms with Gasteiger partial charge in [0.2, 0.25) is 6.43 Å². The number of alkyl halides is 2. The molecular formula is C23H38F2. The summed E-state index contributed by atoms with van der Waals surface area (Å²) in [7, 11) is 0. The lowest BCUT2D eigenvalue weighted by Crippen LogP contribution is -2.25. The number of allylic oxidation sites excluding steroid dienone is 2. The molecular weight excluding hydrogens is 314 g/mol. The second-order valence-corrected chi connectivity index (χ2v) is 9.18. The molecule has 0 spiro atoms. The number of halogens is 2. The predicted octanol–water partition coefficient (Wildman–Crippen LogP) is 7.78. The molecule has 144 valence electrons. The van der Waals surface area contributed by atoms with E-state index in [2.05, 4.69) is 13.0 Å².